The lowest BCUT2D eigenvalue weighted by Gasteiger charge is -2.53. The molecule has 0 spiro atoms. The van der Waals surface area contributed by atoms with E-state index >= 15 is 0 Å². The maximum Gasteiger partial charge on any atom is 0.340 e. The number of methoxy groups -OCH3 is 4. The highest BCUT2D eigenvalue weighted by molar-refractivity contribution is 6.39. The van der Waals surface area contributed by atoms with Crippen LogP contribution >= 0.6 is 0 Å². The number of carbonyl (C=O) groups is 10. The maximum atomic E-state index is 14.9. The molecule has 4 aliphatic heterocycles. The SMILES string of the molecule is CCN(/C=C1/C(=O)O[C@H](COC)[C@@]2(C)C1=C(O)C(=O)C1=C2[C@H](OC(=O)CCCCCCC(=O)O[C@@H]2/C(C)=C/[C@@H](C)C(=O)C[C@@H]([C@H](C)C[C@@H]3CCC[C@H](OC)C3)OC(=O)[C@@H]3CCCCN3C(=O)C(=O)[C@]3(O)O[C@@H](CC[C@H]3C)C[C@H](OC)/C(C)=C/C=C/C=C/[C@@H](C)C[C@@H](C)C(=O)[C@@H]2OC)C[C@]2(C)C(=O)CC[C@@H]12)CC. The van der Waals surface area contributed by atoms with Gasteiger partial charge in [-0.15, -0.1) is 0 Å². The van der Waals surface area contributed by atoms with Crippen LogP contribution in [0.15, 0.2) is 81.9 Å². The van der Waals surface area contributed by atoms with Crippen molar-refractivity contribution in [2.45, 2.75) is 278 Å². The number of ketones is 5. The molecule has 23 heteroatoms. The van der Waals surface area contributed by atoms with Crippen molar-refractivity contribution >= 4 is 58.7 Å². The van der Waals surface area contributed by atoms with Crippen LogP contribution in [0.5, 0.6) is 0 Å². The van der Waals surface area contributed by atoms with E-state index in [1.807, 2.05) is 69.9 Å². The molecule has 19 atom stereocenters. The minimum absolute atomic E-state index is 0.00278. The number of unbranched alkanes of at least 4 members (excludes halogenated alkanes) is 3. The number of piperidine rings is 1. The van der Waals surface area contributed by atoms with Gasteiger partial charge in [-0.1, -0.05) is 104 Å². The molecule has 8 rings (SSSR count). The standard InChI is InChI=1S/C84H122N2O21/c1-16-85(17-2)47-59-71-75(93)74(92)70-60-37-38-66(88)82(60,10)46-65(72(70)83(71,11)67(48-99-12)105-80(59)96)103-68(89)33-23-18-19-24-34-69(90)106-76-54(8)41-51(5)62(87)45-64(52(6)42-56-30-27-31-57(43-56)100-13)104-81(97)61-32-25-26-39-86(61)79(95)78(94)84(98)55(9)35-36-58(107-84)44-63(101-14)50(4)29-22-20-21-28-49(3)40-53(7)73(91)77(76)102-15/h20-22,28-29,41,47,49,51-53,55-58,60-61,63-65,67,76-77,93,98H,16-19,23-27,30-40,42-46,48H2,1-15H3/b22-20+,28-21+,50-29+,54-41+,59-47+/t49-,51-,52-,53-,55-,56+,57+,58+,60+,61+,63+,64+,65-,67-,76-,77+,82+,83+,84-/m1/s1. The van der Waals surface area contributed by atoms with E-state index in [4.69, 9.17) is 42.6 Å². The van der Waals surface area contributed by atoms with Crippen LogP contribution in [0.4, 0.5) is 0 Å². The minimum Gasteiger partial charge on any atom is -0.504 e. The lowest BCUT2D eigenvalue weighted by molar-refractivity contribution is -0.265. The van der Waals surface area contributed by atoms with Gasteiger partial charge in [0.05, 0.1) is 35.9 Å². The smallest absolute Gasteiger partial charge is 0.340 e. The van der Waals surface area contributed by atoms with Gasteiger partial charge in [-0.25, -0.2) is 9.59 Å². The van der Waals surface area contributed by atoms with Gasteiger partial charge in [0.25, 0.3) is 11.7 Å². The highest BCUT2D eigenvalue weighted by Gasteiger charge is 2.65. The topological polar surface area (TPSA) is 301 Å². The van der Waals surface area contributed by atoms with Crippen molar-refractivity contribution in [2.24, 2.45) is 52.3 Å². The molecule has 107 heavy (non-hydrogen) atoms. The van der Waals surface area contributed by atoms with Crippen LogP contribution in [0.3, 0.4) is 0 Å². The van der Waals surface area contributed by atoms with Crippen LogP contribution in [0.1, 0.15) is 217 Å². The van der Waals surface area contributed by atoms with Crippen LogP contribution < -0.4 is 0 Å². The number of aliphatic hydroxyl groups is 2. The molecule has 2 saturated carbocycles. The zero-order chi connectivity index (χ0) is 78.4. The van der Waals surface area contributed by atoms with E-state index in [-0.39, 0.29) is 116 Å². The first kappa shape index (κ1) is 85.8. The molecule has 2 bridgehead atoms. The molecule has 3 saturated heterocycles. The van der Waals surface area contributed by atoms with Crippen molar-refractivity contribution in [1.82, 2.24) is 9.80 Å². The largest absolute Gasteiger partial charge is 0.504 e. The van der Waals surface area contributed by atoms with E-state index in [9.17, 15) is 58.2 Å². The van der Waals surface area contributed by atoms with Crippen LogP contribution in [0, 0.1) is 52.3 Å². The molecule has 5 fully saturated rings. The predicted octanol–water partition coefficient (Wildman–Crippen LogP) is 11.9. The number of esters is 4. The molecular weight excluding hydrogens is 1370 g/mol. The third kappa shape index (κ3) is 19.7. The fourth-order valence-electron chi connectivity index (χ4n) is 18.0. The summed E-state index contributed by atoms with van der Waals surface area (Å²) in [5.41, 5.74) is -0.631. The summed E-state index contributed by atoms with van der Waals surface area (Å²) in [6.45, 7) is 21.0. The minimum atomic E-state index is -2.48. The monoisotopic (exact) mass is 1490 g/mol. The third-order valence-corrected chi connectivity index (χ3v) is 24.6. The number of ether oxygens (including phenoxy) is 9. The van der Waals surface area contributed by atoms with Gasteiger partial charge in [-0.2, -0.15) is 0 Å². The summed E-state index contributed by atoms with van der Waals surface area (Å²) in [6, 6.07) is -1.19. The first-order valence-electron chi connectivity index (χ1n) is 39.5. The molecule has 0 aromatic carbocycles. The van der Waals surface area contributed by atoms with Crippen LogP contribution in [-0.4, -0.2) is 194 Å². The predicted molar refractivity (Wildman–Crippen MR) is 398 cm³/mol. The zero-order valence-electron chi connectivity index (χ0n) is 66.2. The summed E-state index contributed by atoms with van der Waals surface area (Å²) in [6.07, 6.45) is 14.7. The van der Waals surface area contributed by atoms with E-state index < -0.39 is 136 Å². The van der Waals surface area contributed by atoms with Gasteiger partial charge in [-0.05, 0) is 146 Å². The molecule has 4 heterocycles. The Morgan fingerprint density at radius 1 is 0.766 bits per heavy atom. The van der Waals surface area contributed by atoms with Crippen molar-refractivity contribution in [3.8, 4) is 0 Å². The number of rotatable bonds is 20. The number of nitrogens with zero attached hydrogens (tertiary/aromatic N) is 2. The van der Waals surface area contributed by atoms with Crippen LogP contribution in [0.25, 0.3) is 0 Å². The van der Waals surface area contributed by atoms with E-state index in [0.29, 0.717) is 94.9 Å². The normalized spacial score (nSPS) is 36.4. The quantitative estimate of drug-likeness (QED) is 0.0286. The molecule has 0 radical (unpaired) electrons. The molecule has 594 valence electrons. The number of amides is 1. The second kappa shape index (κ2) is 38.2. The summed E-state index contributed by atoms with van der Waals surface area (Å²) < 4.78 is 54.8. The molecule has 8 aliphatic rings. The number of Topliss-reactive ketones (excluding diaryl/α,β-unsaturated/α-hetero) is 5. The molecule has 1 amide bonds. The molecule has 23 nitrogen and oxygen atoms in total. The Bertz CT molecular complexity index is 3480. The Balaban J connectivity index is 1.01. The third-order valence-electron chi connectivity index (χ3n) is 24.6. The fraction of sp³-hybridized carbons (Fsp3) is 0.714. The van der Waals surface area contributed by atoms with Crippen molar-refractivity contribution in [3.05, 3.63) is 81.9 Å². The Kier molecular flexibility index (Phi) is 30.7. The average Bonchev–Trinajstić information content (AvgIpc) is 1.67. The van der Waals surface area contributed by atoms with Crippen molar-refractivity contribution in [3.63, 3.8) is 0 Å². The Labute approximate surface area is 633 Å². The van der Waals surface area contributed by atoms with Crippen molar-refractivity contribution < 1.29 is 101 Å². The van der Waals surface area contributed by atoms with Crippen LogP contribution in [-0.2, 0) is 90.6 Å². The van der Waals surface area contributed by atoms with E-state index in [1.165, 1.54) is 19.1 Å². The number of allylic oxidation sites excluding steroid dienone is 7. The Hall–Kier alpha value is -6.76. The number of cyclic esters (lactones) is 2. The van der Waals surface area contributed by atoms with Crippen molar-refractivity contribution in [1.29, 1.82) is 0 Å². The summed E-state index contributed by atoms with van der Waals surface area (Å²) in [7, 11) is 6.09. The molecule has 2 N–H and O–H groups in total. The lowest BCUT2D eigenvalue weighted by Crippen LogP contribution is -2.61. The molecule has 4 aliphatic carbocycles. The van der Waals surface area contributed by atoms with Gasteiger partial charge in [0, 0.05) is 133 Å². The Morgan fingerprint density at radius 2 is 1.47 bits per heavy atom. The summed E-state index contributed by atoms with van der Waals surface area (Å²) in [5.74, 6) is -12.6. The van der Waals surface area contributed by atoms with Crippen molar-refractivity contribution in [2.75, 3.05) is 54.7 Å². The summed E-state index contributed by atoms with van der Waals surface area (Å²) >= 11 is 0. The number of carbonyl (C=O) groups excluding carboxylic acids is 10. The van der Waals surface area contributed by atoms with E-state index in [1.54, 1.807) is 68.0 Å². The van der Waals surface area contributed by atoms with Crippen LogP contribution in [0.2, 0.25) is 0 Å². The Morgan fingerprint density at radius 3 is 2.13 bits per heavy atom. The van der Waals surface area contributed by atoms with Gasteiger partial charge in [0.15, 0.2) is 23.8 Å². The molecule has 0 aromatic rings. The van der Waals surface area contributed by atoms with Gasteiger partial charge >= 0.3 is 23.9 Å². The van der Waals surface area contributed by atoms with Gasteiger partial charge < -0.3 is 62.6 Å². The van der Waals surface area contributed by atoms with Gasteiger partial charge in [-0.3, -0.25) is 38.4 Å². The second-order valence-electron chi connectivity index (χ2n) is 32.2. The summed E-state index contributed by atoms with van der Waals surface area (Å²) in [5, 5.41) is 24.2. The lowest BCUT2D eigenvalue weighted by atomic mass is 9.53. The molecular formula is C84H122N2O21. The highest BCUT2D eigenvalue weighted by atomic mass is 16.6. The highest BCUT2D eigenvalue weighted by Crippen LogP contribution is 2.62. The number of hydrogen-bond acceptors (Lipinski definition) is 22. The number of fused-ring (bicyclic) bond motifs is 7. The van der Waals surface area contributed by atoms with E-state index in [2.05, 4.69) is 0 Å². The maximum absolute atomic E-state index is 14.9. The van der Waals surface area contributed by atoms with E-state index in [0.717, 1.165) is 31.3 Å². The first-order chi connectivity index (χ1) is 50.8. The van der Waals surface area contributed by atoms with Gasteiger partial charge in [0.2, 0.25) is 11.6 Å². The summed E-state index contributed by atoms with van der Waals surface area (Å²) in [4.78, 5) is 148. The average molecular weight is 1500 g/mol. The second-order valence-corrected chi connectivity index (χ2v) is 32.2. The molecule has 0 aromatic heterocycles. The fourth-order valence-corrected chi connectivity index (χ4v) is 18.0. The van der Waals surface area contributed by atoms with Gasteiger partial charge in [0.1, 0.15) is 35.9 Å². The molecule has 0 unspecified atom stereocenters. The first-order valence-corrected chi connectivity index (χ1v) is 39.5. The zero-order valence-corrected chi connectivity index (χ0v) is 66.2. The number of aliphatic hydroxyl groups excluding tert-OH is 1. The number of hydrogen-bond donors (Lipinski definition) is 2.